The molecule has 1 aliphatic carbocycles. The molecule has 2 aliphatic rings. The Labute approximate surface area is 131 Å². The van der Waals surface area contributed by atoms with Gasteiger partial charge >= 0.3 is 0 Å². The molecule has 0 amide bonds. The quantitative estimate of drug-likeness (QED) is 0.791. The number of likely N-dealkylation sites (tertiary alicyclic amines) is 1. The van der Waals surface area contributed by atoms with Crippen LogP contribution in [0, 0.1) is 11.3 Å². The molecule has 1 saturated heterocycles. The van der Waals surface area contributed by atoms with Gasteiger partial charge in [0.2, 0.25) is 0 Å². The summed E-state index contributed by atoms with van der Waals surface area (Å²) in [4.78, 5) is 2.60. The van der Waals surface area contributed by atoms with Gasteiger partial charge in [0.15, 0.2) is 0 Å². The Hall–Kier alpha value is -0.120. The van der Waals surface area contributed by atoms with E-state index in [1.165, 1.54) is 58.0 Å². The highest BCUT2D eigenvalue weighted by Gasteiger charge is 2.42. The van der Waals surface area contributed by atoms with Crippen molar-refractivity contribution in [1.82, 2.24) is 10.2 Å². The maximum Gasteiger partial charge on any atom is 0.0586 e. The lowest BCUT2D eigenvalue weighted by Gasteiger charge is -2.36. The van der Waals surface area contributed by atoms with E-state index in [9.17, 15) is 5.11 Å². The highest BCUT2D eigenvalue weighted by atomic mass is 16.3. The topological polar surface area (TPSA) is 35.5 Å². The fourth-order valence-electron chi connectivity index (χ4n) is 4.44. The van der Waals surface area contributed by atoms with E-state index in [1.807, 2.05) is 0 Å². The third-order valence-corrected chi connectivity index (χ3v) is 5.77. The second-order valence-corrected chi connectivity index (χ2v) is 7.90. The van der Waals surface area contributed by atoms with E-state index in [0.717, 1.165) is 12.5 Å². The van der Waals surface area contributed by atoms with Gasteiger partial charge in [0, 0.05) is 18.6 Å². The van der Waals surface area contributed by atoms with Gasteiger partial charge in [-0.3, -0.25) is 4.90 Å². The van der Waals surface area contributed by atoms with E-state index in [1.54, 1.807) is 0 Å². The summed E-state index contributed by atoms with van der Waals surface area (Å²) in [5.74, 6) is 0.749. The third-order valence-electron chi connectivity index (χ3n) is 5.77. The van der Waals surface area contributed by atoms with Gasteiger partial charge in [-0.05, 0) is 56.5 Å². The molecule has 124 valence electrons. The van der Waals surface area contributed by atoms with Gasteiger partial charge in [0.25, 0.3) is 0 Å². The zero-order valence-corrected chi connectivity index (χ0v) is 14.4. The summed E-state index contributed by atoms with van der Waals surface area (Å²) < 4.78 is 0. The van der Waals surface area contributed by atoms with Crippen LogP contribution in [0.5, 0.6) is 0 Å². The molecule has 3 unspecified atom stereocenters. The fourth-order valence-corrected chi connectivity index (χ4v) is 4.44. The predicted molar refractivity (Wildman–Crippen MR) is 89.5 cm³/mol. The first kappa shape index (κ1) is 17.2. The Morgan fingerprint density at radius 3 is 2.71 bits per heavy atom. The number of hydrogen-bond acceptors (Lipinski definition) is 3. The summed E-state index contributed by atoms with van der Waals surface area (Å²) in [6.45, 7) is 10.9. The van der Waals surface area contributed by atoms with Crippen molar-refractivity contribution < 1.29 is 5.11 Å². The Morgan fingerprint density at radius 2 is 2.00 bits per heavy atom. The lowest BCUT2D eigenvalue weighted by atomic mass is 9.84. The summed E-state index contributed by atoms with van der Waals surface area (Å²) >= 11 is 0. The van der Waals surface area contributed by atoms with Crippen LogP contribution in [0.4, 0.5) is 0 Å². The molecule has 1 saturated carbocycles. The molecule has 3 heteroatoms. The zero-order valence-electron chi connectivity index (χ0n) is 14.4. The van der Waals surface area contributed by atoms with Gasteiger partial charge in [-0.1, -0.05) is 33.6 Å². The largest absolute Gasteiger partial charge is 0.395 e. The summed E-state index contributed by atoms with van der Waals surface area (Å²) in [6.07, 6.45) is 8.98. The van der Waals surface area contributed by atoms with Gasteiger partial charge in [-0.25, -0.2) is 0 Å². The van der Waals surface area contributed by atoms with Crippen molar-refractivity contribution in [3.8, 4) is 0 Å². The molecule has 3 nitrogen and oxygen atoms in total. The summed E-state index contributed by atoms with van der Waals surface area (Å²) in [6, 6.07) is 1.04. The Bertz CT molecular complexity index is 306. The molecular weight excluding hydrogens is 260 g/mol. The van der Waals surface area contributed by atoms with Gasteiger partial charge in [-0.15, -0.1) is 0 Å². The van der Waals surface area contributed by atoms with Crippen molar-refractivity contribution in [2.45, 2.75) is 77.8 Å². The molecule has 21 heavy (non-hydrogen) atoms. The Morgan fingerprint density at radius 1 is 1.19 bits per heavy atom. The Kier molecular flexibility index (Phi) is 6.51. The average Bonchev–Trinajstić information content (AvgIpc) is 2.64. The van der Waals surface area contributed by atoms with Crippen LogP contribution >= 0.6 is 0 Å². The van der Waals surface area contributed by atoms with Gasteiger partial charge in [0.05, 0.1) is 6.61 Å². The fraction of sp³-hybridized carbons (Fsp3) is 1.00. The first-order chi connectivity index (χ1) is 10.1. The van der Waals surface area contributed by atoms with Gasteiger partial charge in [0.1, 0.15) is 0 Å². The molecule has 0 spiro atoms. The SMILES string of the molecule is CCCNC1C(CN2CCCCCC2CO)CCC1(C)C. The minimum atomic E-state index is 0.336. The zero-order chi connectivity index (χ0) is 15.3. The van der Waals surface area contributed by atoms with E-state index in [2.05, 4.69) is 31.0 Å². The van der Waals surface area contributed by atoms with E-state index < -0.39 is 0 Å². The van der Waals surface area contributed by atoms with E-state index >= 15 is 0 Å². The summed E-state index contributed by atoms with van der Waals surface area (Å²) in [7, 11) is 0. The number of nitrogens with zero attached hydrogens (tertiary/aromatic N) is 1. The van der Waals surface area contributed by atoms with E-state index in [4.69, 9.17) is 0 Å². The van der Waals surface area contributed by atoms with Gasteiger partial charge < -0.3 is 10.4 Å². The normalized spacial score (nSPS) is 34.0. The van der Waals surface area contributed by atoms with Crippen LogP contribution in [-0.2, 0) is 0 Å². The number of hydrogen-bond donors (Lipinski definition) is 2. The van der Waals surface area contributed by atoms with Crippen molar-refractivity contribution >= 4 is 0 Å². The van der Waals surface area contributed by atoms with Crippen molar-refractivity contribution in [3.63, 3.8) is 0 Å². The van der Waals surface area contributed by atoms with Crippen molar-refractivity contribution in [3.05, 3.63) is 0 Å². The van der Waals surface area contributed by atoms with Crippen molar-refractivity contribution in [2.24, 2.45) is 11.3 Å². The standard InChI is InChI=1S/C18H36N2O/c1-4-11-19-17-15(9-10-18(17,2)3)13-20-12-7-5-6-8-16(20)14-21/h15-17,19,21H,4-14H2,1-3H3. The van der Waals surface area contributed by atoms with Crippen molar-refractivity contribution in [1.29, 1.82) is 0 Å². The van der Waals surface area contributed by atoms with Crippen molar-refractivity contribution in [2.75, 3.05) is 26.2 Å². The number of rotatable bonds is 6. The minimum Gasteiger partial charge on any atom is -0.395 e. The molecule has 2 N–H and O–H groups in total. The average molecular weight is 296 g/mol. The smallest absolute Gasteiger partial charge is 0.0586 e. The molecular formula is C18H36N2O. The predicted octanol–water partition coefficient (Wildman–Crippen LogP) is 3.03. The van der Waals surface area contributed by atoms with Crippen LogP contribution < -0.4 is 5.32 Å². The molecule has 2 fully saturated rings. The lowest BCUT2D eigenvalue weighted by Crippen LogP contribution is -2.48. The lowest BCUT2D eigenvalue weighted by molar-refractivity contribution is 0.0981. The minimum absolute atomic E-state index is 0.336. The first-order valence-corrected chi connectivity index (χ1v) is 9.16. The second kappa shape index (κ2) is 7.94. The molecule has 0 bridgehead atoms. The highest BCUT2D eigenvalue weighted by Crippen LogP contribution is 2.42. The molecule has 0 radical (unpaired) electrons. The third kappa shape index (κ3) is 4.43. The molecule has 3 atom stereocenters. The Balaban J connectivity index is 1.98. The molecule has 0 aromatic rings. The molecule has 0 aromatic carbocycles. The van der Waals surface area contributed by atoms with Gasteiger partial charge in [-0.2, -0.15) is 0 Å². The molecule has 1 aliphatic heterocycles. The number of aliphatic hydroxyl groups excluding tert-OH is 1. The van der Waals surface area contributed by atoms with Crippen LogP contribution in [0.1, 0.15) is 65.7 Å². The van der Waals surface area contributed by atoms with E-state index in [-0.39, 0.29) is 0 Å². The number of aliphatic hydroxyl groups is 1. The summed E-state index contributed by atoms with van der Waals surface area (Å²) in [5, 5.41) is 13.5. The van der Waals surface area contributed by atoms with Crippen LogP contribution in [0.15, 0.2) is 0 Å². The molecule has 2 rings (SSSR count). The maximum absolute atomic E-state index is 9.71. The molecule has 0 aromatic heterocycles. The second-order valence-electron chi connectivity index (χ2n) is 7.90. The van der Waals surface area contributed by atoms with E-state index in [0.29, 0.717) is 24.1 Å². The molecule has 1 heterocycles. The van der Waals surface area contributed by atoms with Crippen LogP contribution in [-0.4, -0.2) is 48.3 Å². The number of nitrogens with one attached hydrogen (secondary N) is 1. The first-order valence-electron chi connectivity index (χ1n) is 9.16. The monoisotopic (exact) mass is 296 g/mol. The van der Waals surface area contributed by atoms with Crippen LogP contribution in [0.3, 0.4) is 0 Å². The maximum atomic E-state index is 9.71. The van der Waals surface area contributed by atoms with Crippen LogP contribution in [0.2, 0.25) is 0 Å². The van der Waals surface area contributed by atoms with Crippen LogP contribution in [0.25, 0.3) is 0 Å². The summed E-state index contributed by atoms with van der Waals surface area (Å²) in [5.41, 5.74) is 0.417. The highest BCUT2D eigenvalue weighted by molar-refractivity contribution is 4.97.